The second-order valence-corrected chi connectivity index (χ2v) is 3.81. The summed E-state index contributed by atoms with van der Waals surface area (Å²) in [6.07, 6.45) is 2.07. The van der Waals surface area contributed by atoms with Gasteiger partial charge in [0.05, 0.1) is 6.61 Å². The topological polar surface area (TPSA) is 29.5 Å². The van der Waals surface area contributed by atoms with E-state index in [1.807, 2.05) is 11.9 Å². The molecule has 0 N–H and O–H groups in total. The van der Waals surface area contributed by atoms with E-state index in [1.54, 1.807) is 0 Å². The van der Waals surface area contributed by atoms with E-state index >= 15 is 0 Å². The highest BCUT2D eigenvalue weighted by Gasteiger charge is 2.28. The quantitative estimate of drug-likeness (QED) is 0.477. The van der Waals surface area contributed by atoms with Crippen molar-refractivity contribution in [3.63, 3.8) is 0 Å². The smallest absolute Gasteiger partial charge is 0.120 e. The third kappa shape index (κ3) is 3.72. The van der Waals surface area contributed by atoms with Gasteiger partial charge >= 0.3 is 0 Å². The minimum Gasteiger partial charge on any atom is -0.380 e. The monoisotopic (exact) mass is 203 g/mol. The Labute approximate surface area is 84.2 Å². The van der Waals surface area contributed by atoms with Crippen molar-refractivity contribution < 1.29 is 13.9 Å². The van der Waals surface area contributed by atoms with Crippen molar-refractivity contribution in [3.8, 4) is 0 Å². The van der Waals surface area contributed by atoms with Crippen LogP contribution in [0.2, 0.25) is 0 Å². The molecule has 3 nitrogen and oxygen atoms in total. The zero-order valence-corrected chi connectivity index (χ0v) is 8.62. The first-order valence-electron chi connectivity index (χ1n) is 5.09. The fourth-order valence-corrected chi connectivity index (χ4v) is 1.69. The number of unbranched alkanes of at least 4 members (excludes halogenated alkanes) is 1. The van der Waals surface area contributed by atoms with Gasteiger partial charge in [-0.05, 0) is 19.9 Å². The van der Waals surface area contributed by atoms with E-state index in [0.29, 0.717) is 32.6 Å². The maximum absolute atomic E-state index is 12.9. The molecule has 0 unspecified atom stereocenters. The first-order chi connectivity index (χ1) is 6.74. The molecule has 0 bridgehead atoms. The van der Waals surface area contributed by atoms with Crippen LogP contribution in [0.15, 0.2) is 0 Å². The summed E-state index contributed by atoms with van der Waals surface area (Å²) in [5, 5.41) is 0. The first-order valence-corrected chi connectivity index (χ1v) is 5.09. The molecule has 0 spiro atoms. The number of rotatable bonds is 6. The van der Waals surface area contributed by atoms with Gasteiger partial charge in [0.15, 0.2) is 0 Å². The van der Waals surface area contributed by atoms with Crippen molar-refractivity contribution >= 4 is 6.29 Å². The second-order valence-electron chi connectivity index (χ2n) is 3.81. The largest absolute Gasteiger partial charge is 0.380 e. The van der Waals surface area contributed by atoms with E-state index in [-0.39, 0.29) is 6.04 Å². The van der Waals surface area contributed by atoms with E-state index in [2.05, 4.69) is 0 Å². The van der Waals surface area contributed by atoms with Crippen LogP contribution in [0.1, 0.15) is 19.3 Å². The highest BCUT2D eigenvalue weighted by molar-refractivity contribution is 5.48. The van der Waals surface area contributed by atoms with Crippen LogP contribution in [0.5, 0.6) is 0 Å². The molecule has 0 radical (unpaired) electrons. The highest BCUT2D eigenvalue weighted by atomic mass is 19.1. The van der Waals surface area contributed by atoms with Crippen LogP contribution in [0.4, 0.5) is 4.39 Å². The third-order valence-electron chi connectivity index (χ3n) is 2.56. The lowest BCUT2D eigenvalue weighted by molar-refractivity contribution is -0.108. The standard InChI is InChI=1S/C10H18FNO2/c1-12-7-9(11)6-10(12)8-14-5-3-2-4-13/h4,9-10H,2-3,5-8H2,1H3/t9-,10-/m0/s1. The number of nitrogens with zero attached hydrogens (tertiary/aromatic N) is 1. The van der Waals surface area contributed by atoms with Gasteiger partial charge < -0.3 is 9.53 Å². The summed E-state index contributed by atoms with van der Waals surface area (Å²) in [5.74, 6) is 0. The van der Waals surface area contributed by atoms with Crippen molar-refractivity contribution in [3.05, 3.63) is 0 Å². The van der Waals surface area contributed by atoms with Gasteiger partial charge in [0.2, 0.25) is 0 Å². The molecule has 0 aromatic carbocycles. The Morgan fingerprint density at radius 2 is 2.43 bits per heavy atom. The summed E-state index contributed by atoms with van der Waals surface area (Å²) in [6, 6.07) is 0.209. The number of likely N-dealkylation sites (N-methyl/N-ethyl adjacent to an activating group) is 1. The van der Waals surface area contributed by atoms with E-state index < -0.39 is 6.17 Å². The number of carbonyl (C=O) groups excluding carboxylic acids is 1. The molecular formula is C10H18FNO2. The molecule has 1 fully saturated rings. The molecule has 14 heavy (non-hydrogen) atoms. The Bertz CT molecular complexity index is 178. The van der Waals surface area contributed by atoms with Gasteiger partial charge in [-0.1, -0.05) is 0 Å². The summed E-state index contributed by atoms with van der Waals surface area (Å²) in [7, 11) is 1.92. The van der Waals surface area contributed by atoms with Gasteiger partial charge in [0.25, 0.3) is 0 Å². The molecule has 2 atom stereocenters. The number of carbonyl (C=O) groups is 1. The molecular weight excluding hydrogens is 185 g/mol. The van der Waals surface area contributed by atoms with Crippen LogP contribution < -0.4 is 0 Å². The molecule has 1 rings (SSSR count). The minimum atomic E-state index is -0.705. The second kappa shape index (κ2) is 6.09. The Balaban J connectivity index is 2.03. The van der Waals surface area contributed by atoms with Gasteiger partial charge in [0, 0.05) is 25.6 Å². The lowest BCUT2D eigenvalue weighted by Gasteiger charge is -2.18. The molecule has 1 heterocycles. The lowest BCUT2D eigenvalue weighted by atomic mass is 10.2. The van der Waals surface area contributed by atoms with Gasteiger partial charge in [-0.25, -0.2) is 4.39 Å². The SMILES string of the molecule is CN1C[C@@H](F)C[C@H]1COCCCC=O. The van der Waals surface area contributed by atoms with Crippen LogP contribution >= 0.6 is 0 Å². The number of ether oxygens (including phenoxy) is 1. The van der Waals surface area contributed by atoms with Gasteiger partial charge in [-0.2, -0.15) is 0 Å². The Morgan fingerprint density at radius 1 is 1.64 bits per heavy atom. The molecule has 1 saturated heterocycles. The van der Waals surface area contributed by atoms with E-state index in [0.717, 1.165) is 12.7 Å². The summed E-state index contributed by atoms with van der Waals surface area (Å²) in [4.78, 5) is 12.0. The number of alkyl halides is 1. The van der Waals surface area contributed by atoms with Crippen LogP contribution in [0.25, 0.3) is 0 Å². The maximum atomic E-state index is 12.9. The fourth-order valence-electron chi connectivity index (χ4n) is 1.69. The first kappa shape index (κ1) is 11.6. The predicted octanol–water partition coefficient (Wildman–Crippen LogP) is 1.02. The normalized spacial score (nSPS) is 28.1. The third-order valence-corrected chi connectivity index (χ3v) is 2.56. The molecule has 0 aromatic heterocycles. The van der Waals surface area contributed by atoms with Crippen LogP contribution in [0, 0.1) is 0 Å². The van der Waals surface area contributed by atoms with Gasteiger partial charge in [0.1, 0.15) is 12.5 Å². The molecule has 4 heteroatoms. The number of likely N-dealkylation sites (tertiary alicyclic amines) is 1. The zero-order valence-electron chi connectivity index (χ0n) is 8.62. The average molecular weight is 203 g/mol. The van der Waals surface area contributed by atoms with Crippen LogP contribution in [0.3, 0.4) is 0 Å². The Kier molecular flexibility index (Phi) is 5.04. The summed E-state index contributed by atoms with van der Waals surface area (Å²) in [6.45, 7) is 1.69. The van der Waals surface area contributed by atoms with Crippen LogP contribution in [-0.2, 0) is 9.53 Å². The number of halogens is 1. The number of aldehydes is 1. The van der Waals surface area contributed by atoms with Crippen molar-refractivity contribution in [1.82, 2.24) is 4.90 Å². The lowest BCUT2D eigenvalue weighted by Crippen LogP contribution is -2.29. The van der Waals surface area contributed by atoms with Crippen molar-refractivity contribution in [2.75, 3.05) is 26.8 Å². The van der Waals surface area contributed by atoms with Crippen LogP contribution in [-0.4, -0.2) is 50.2 Å². The van der Waals surface area contributed by atoms with Gasteiger partial charge in [-0.15, -0.1) is 0 Å². The molecule has 0 saturated carbocycles. The molecule has 82 valence electrons. The van der Waals surface area contributed by atoms with Crippen molar-refractivity contribution in [2.24, 2.45) is 0 Å². The van der Waals surface area contributed by atoms with E-state index in [1.165, 1.54) is 0 Å². The highest BCUT2D eigenvalue weighted by Crippen LogP contribution is 2.18. The number of hydrogen-bond acceptors (Lipinski definition) is 3. The molecule has 0 aromatic rings. The zero-order chi connectivity index (χ0) is 10.4. The maximum Gasteiger partial charge on any atom is 0.120 e. The Morgan fingerprint density at radius 3 is 3.00 bits per heavy atom. The Hall–Kier alpha value is -0.480. The molecule has 0 amide bonds. The van der Waals surface area contributed by atoms with Crippen molar-refractivity contribution in [1.29, 1.82) is 0 Å². The summed E-state index contributed by atoms with van der Waals surface area (Å²) >= 11 is 0. The summed E-state index contributed by atoms with van der Waals surface area (Å²) in [5.41, 5.74) is 0. The van der Waals surface area contributed by atoms with E-state index in [4.69, 9.17) is 4.74 Å². The summed E-state index contributed by atoms with van der Waals surface area (Å²) < 4.78 is 18.3. The molecule has 0 aliphatic carbocycles. The fraction of sp³-hybridized carbons (Fsp3) is 0.900. The molecule has 1 aliphatic heterocycles. The molecule has 1 aliphatic rings. The van der Waals surface area contributed by atoms with Crippen molar-refractivity contribution in [2.45, 2.75) is 31.5 Å². The average Bonchev–Trinajstić information content (AvgIpc) is 2.45. The number of hydrogen-bond donors (Lipinski definition) is 0. The van der Waals surface area contributed by atoms with E-state index in [9.17, 15) is 9.18 Å². The predicted molar refractivity (Wildman–Crippen MR) is 52.0 cm³/mol. The van der Waals surface area contributed by atoms with Gasteiger partial charge in [-0.3, -0.25) is 4.90 Å². The minimum absolute atomic E-state index is 0.209.